The molecule has 0 amide bonds. The van der Waals surface area contributed by atoms with E-state index in [1.54, 1.807) is 0 Å². The second kappa shape index (κ2) is 5.60. The van der Waals surface area contributed by atoms with Crippen LogP contribution in [-0.4, -0.2) is 28.3 Å². The lowest BCUT2D eigenvalue weighted by Gasteiger charge is -2.36. The van der Waals surface area contributed by atoms with E-state index < -0.39 is 0 Å². The van der Waals surface area contributed by atoms with Gasteiger partial charge >= 0.3 is 0 Å². The van der Waals surface area contributed by atoms with Crippen molar-refractivity contribution in [2.24, 2.45) is 5.10 Å². The van der Waals surface area contributed by atoms with Crippen LogP contribution in [-0.2, 0) is 0 Å². The van der Waals surface area contributed by atoms with Gasteiger partial charge in [0, 0.05) is 39.2 Å². The van der Waals surface area contributed by atoms with E-state index >= 15 is 0 Å². The standard InChI is InChI=1S/C16H20BrN3/c1-11-4-3-5-12(2)20(11)19-10-13-9-18-16-7-6-14(17)8-15(13)16/h6-12,18H,3-5H2,1-2H3/b19-10+/t11-,12-/m0/s1. The average Bonchev–Trinajstić information content (AvgIpc) is 2.81. The average molecular weight is 334 g/mol. The fourth-order valence-corrected chi connectivity index (χ4v) is 3.35. The van der Waals surface area contributed by atoms with Crippen LogP contribution in [0, 0.1) is 0 Å². The van der Waals surface area contributed by atoms with E-state index in [9.17, 15) is 0 Å². The molecule has 1 saturated heterocycles. The van der Waals surface area contributed by atoms with Crippen LogP contribution in [0.25, 0.3) is 10.9 Å². The van der Waals surface area contributed by atoms with Crippen molar-refractivity contribution in [1.29, 1.82) is 0 Å². The number of H-pyrrole nitrogens is 1. The van der Waals surface area contributed by atoms with Gasteiger partial charge in [-0.1, -0.05) is 15.9 Å². The Morgan fingerprint density at radius 1 is 1.30 bits per heavy atom. The molecular formula is C16H20BrN3. The Kier molecular flexibility index (Phi) is 3.83. The fraction of sp³-hybridized carbons (Fsp3) is 0.438. The number of fused-ring (bicyclic) bond motifs is 1. The molecule has 0 spiro atoms. The lowest BCUT2D eigenvalue weighted by atomic mass is 10.00. The third kappa shape index (κ3) is 2.62. The van der Waals surface area contributed by atoms with Crippen molar-refractivity contribution in [3.05, 3.63) is 34.4 Å². The quantitative estimate of drug-likeness (QED) is 0.804. The number of hydrazone groups is 1. The summed E-state index contributed by atoms with van der Waals surface area (Å²) in [5, 5.41) is 8.20. The van der Waals surface area contributed by atoms with Crippen molar-refractivity contribution in [1.82, 2.24) is 9.99 Å². The molecule has 2 aromatic rings. The van der Waals surface area contributed by atoms with E-state index in [0.29, 0.717) is 12.1 Å². The number of aromatic amines is 1. The van der Waals surface area contributed by atoms with Gasteiger partial charge in [-0.2, -0.15) is 5.10 Å². The van der Waals surface area contributed by atoms with E-state index in [1.807, 2.05) is 12.4 Å². The van der Waals surface area contributed by atoms with E-state index in [-0.39, 0.29) is 0 Å². The van der Waals surface area contributed by atoms with Crippen molar-refractivity contribution in [3.8, 4) is 0 Å². The summed E-state index contributed by atoms with van der Waals surface area (Å²) in [7, 11) is 0. The van der Waals surface area contributed by atoms with Crippen LogP contribution in [0.5, 0.6) is 0 Å². The number of piperidine rings is 1. The predicted octanol–water partition coefficient (Wildman–Crippen LogP) is 4.53. The summed E-state index contributed by atoms with van der Waals surface area (Å²) in [5.74, 6) is 0. The Morgan fingerprint density at radius 2 is 2.05 bits per heavy atom. The smallest absolute Gasteiger partial charge is 0.0564 e. The summed E-state index contributed by atoms with van der Waals surface area (Å²) < 4.78 is 1.10. The molecule has 1 aliphatic rings. The number of benzene rings is 1. The molecule has 106 valence electrons. The Morgan fingerprint density at radius 3 is 2.80 bits per heavy atom. The number of nitrogens with one attached hydrogen (secondary N) is 1. The number of rotatable bonds is 2. The second-order valence-electron chi connectivity index (χ2n) is 5.69. The molecule has 0 unspecified atom stereocenters. The van der Waals surface area contributed by atoms with Crippen molar-refractivity contribution in [3.63, 3.8) is 0 Å². The van der Waals surface area contributed by atoms with Gasteiger partial charge < -0.3 is 4.98 Å². The first-order valence-corrected chi connectivity index (χ1v) is 8.03. The summed E-state index contributed by atoms with van der Waals surface area (Å²) in [6.07, 6.45) is 7.81. The van der Waals surface area contributed by atoms with Gasteiger partial charge in [-0.25, -0.2) is 0 Å². The Hall–Kier alpha value is -1.29. The van der Waals surface area contributed by atoms with Gasteiger partial charge in [-0.15, -0.1) is 0 Å². The third-order valence-corrected chi connectivity index (χ3v) is 4.65. The van der Waals surface area contributed by atoms with Crippen LogP contribution in [0.2, 0.25) is 0 Å². The van der Waals surface area contributed by atoms with Gasteiger partial charge in [0.2, 0.25) is 0 Å². The molecule has 1 aromatic carbocycles. The molecule has 0 aliphatic carbocycles. The van der Waals surface area contributed by atoms with Gasteiger partial charge in [-0.3, -0.25) is 5.01 Å². The molecule has 0 radical (unpaired) electrons. The Bertz CT molecular complexity index is 622. The molecular weight excluding hydrogens is 314 g/mol. The molecule has 1 fully saturated rings. The maximum absolute atomic E-state index is 4.74. The van der Waals surface area contributed by atoms with Crippen LogP contribution >= 0.6 is 15.9 Å². The van der Waals surface area contributed by atoms with Crippen molar-refractivity contribution < 1.29 is 0 Å². The number of hydrogen-bond donors (Lipinski definition) is 1. The predicted molar refractivity (Wildman–Crippen MR) is 88.2 cm³/mol. The first-order chi connectivity index (χ1) is 9.65. The normalized spacial score (nSPS) is 23.9. The number of nitrogens with zero attached hydrogens (tertiary/aromatic N) is 2. The molecule has 2 atom stereocenters. The molecule has 3 rings (SSSR count). The van der Waals surface area contributed by atoms with Gasteiger partial charge in [0.15, 0.2) is 0 Å². The maximum Gasteiger partial charge on any atom is 0.0564 e. The van der Waals surface area contributed by atoms with Crippen LogP contribution in [0.15, 0.2) is 34.0 Å². The van der Waals surface area contributed by atoms with E-state index in [0.717, 1.165) is 15.6 Å². The maximum atomic E-state index is 4.74. The highest BCUT2D eigenvalue weighted by Gasteiger charge is 2.22. The lowest BCUT2D eigenvalue weighted by Crippen LogP contribution is -2.39. The molecule has 0 bridgehead atoms. The highest BCUT2D eigenvalue weighted by atomic mass is 79.9. The summed E-state index contributed by atoms with van der Waals surface area (Å²) in [6, 6.07) is 7.34. The molecule has 3 nitrogen and oxygen atoms in total. The Balaban J connectivity index is 1.88. The summed E-state index contributed by atoms with van der Waals surface area (Å²) in [5.41, 5.74) is 2.29. The zero-order valence-electron chi connectivity index (χ0n) is 11.9. The zero-order chi connectivity index (χ0) is 14.1. The van der Waals surface area contributed by atoms with Gasteiger partial charge in [0.25, 0.3) is 0 Å². The molecule has 1 aromatic heterocycles. The highest BCUT2D eigenvalue weighted by molar-refractivity contribution is 9.10. The van der Waals surface area contributed by atoms with Gasteiger partial charge in [-0.05, 0) is 51.3 Å². The number of aromatic nitrogens is 1. The van der Waals surface area contributed by atoms with Gasteiger partial charge in [0.1, 0.15) is 0 Å². The van der Waals surface area contributed by atoms with E-state index in [1.165, 1.54) is 24.6 Å². The van der Waals surface area contributed by atoms with Crippen LogP contribution in [0.4, 0.5) is 0 Å². The van der Waals surface area contributed by atoms with Crippen LogP contribution in [0.3, 0.4) is 0 Å². The Labute approximate surface area is 128 Å². The molecule has 2 heterocycles. The lowest BCUT2D eigenvalue weighted by molar-refractivity contribution is 0.109. The molecule has 0 saturated carbocycles. The summed E-state index contributed by atoms with van der Waals surface area (Å²) >= 11 is 3.53. The monoisotopic (exact) mass is 333 g/mol. The molecule has 4 heteroatoms. The van der Waals surface area contributed by atoms with E-state index in [4.69, 9.17) is 5.10 Å². The number of halogens is 1. The third-order valence-electron chi connectivity index (χ3n) is 4.15. The highest BCUT2D eigenvalue weighted by Crippen LogP contribution is 2.24. The second-order valence-corrected chi connectivity index (χ2v) is 6.60. The van der Waals surface area contributed by atoms with Crippen LogP contribution < -0.4 is 0 Å². The summed E-state index contributed by atoms with van der Waals surface area (Å²) in [6.45, 7) is 4.53. The molecule has 1 aliphatic heterocycles. The largest absolute Gasteiger partial charge is 0.361 e. The fourth-order valence-electron chi connectivity index (χ4n) is 2.99. The minimum atomic E-state index is 0.534. The van der Waals surface area contributed by atoms with Crippen molar-refractivity contribution >= 4 is 33.0 Å². The minimum absolute atomic E-state index is 0.534. The molecule has 20 heavy (non-hydrogen) atoms. The van der Waals surface area contributed by atoms with Crippen molar-refractivity contribution in [2.45, 2.75) is 45.2 Å². The minimum Gasteiger partial charge on any atom is -0.361 e. The van der Waals surface area contributed by atoms with Crippen molar-refractivity contribution in [2.75, 3.05) is 0 Å². The number of hydrogen-bond acceptors (Lipinski definition) is 2. The van der Waals surface area contributed by atoms with E-state index in [2.05, 4.69) is 58.0 Å². The summed E-state index contributed by atoms with van der Waals surface area (Å²) in [4.78, 5) is 3.29. The molecule has 1 N–H and O–H groups in total. The SMILES string of the molecule is C[C@H]1CCC[C@H](C)N1/N=C/c1c[nH]c2ccc(Br)cc12. The first kappa shape index (κ1) is 13.7. The van der Waals surface area contributed by atoms with Gasteiger partial charge in [0.05, 0.1) is 6.21 Å². The first-order valence-electron chi connectivity index (χ1n) is 7.24. The zero-order valence-corrected chi connectivity index (χ0v) is 13.5. The van der Waals surface area contributed by atoms with Crippen LogP contribution in [0.1, 0.15) is 38.7 Å². The topological polar surface area (TPSA) is 31.4 Å².